The van der Waals surface area contributed by atoms with Gasteiger partial charge in [-0.25, -0.2) is 4.98 Å². The van der Waals surface area contributed by atoms with Crippen molar-refractivity contribution >= 4 is 5.84 Å². The zero-order valence-electron chi connectivity index (χ0n) is 12.0. The number of benzene rings is 1. The molecule has 0 amide bonds. The largest absolute Gasteiger partial charge is 0.439 e. The van der Waals surface area contributed by atoms with Crippen LogP contribution in [0, 0.1) is 12.3 Å². The standard InChI is InChI=1S/C16H19N3O/c1-10(2)12-8-7-11(3)14(9-12)20-15-6-4-5-13(19-15)16(17)18/h4-10H,1-3H3,(H3,17,18). The van der Waals surface area contributed by atoms with E-state index >= 15 is 0 Å². The van der Waals surface area contributed by atoms with E-state index in [0.29, 0.717) is 17.5 Å². The third kappa shape index (κ3) is 3.15. The number of hydrogen-bond donors (Lipinski definition) is 2. The molecule has 0 spiro atoms. The van der Waals surface area contributed by atoms with E-state index in [2.05, 4.69) is 24.9 Å². The maximum Gasteiger partial charge on any atom is 0.219 e. The zero-order valence-corrected chi connectivity index (χ0v) is 12.0. The summed E-state index contributed by atoms with van der Waals surface area (Å²) >= 11 is 0. The van der Waals surface area contributed by atoms with Crippen molar-refractivity contribution in [1.29, 1.82) is 5.41 Å². The Morgan fingerprint density at radius 1 is 1.25 bits per heavy atom. The average Bonchev–Trinajstić information content (AvgIpc) is 2.41. The molecule has 2 rings (SSSR count). The predicted molar refractivity (Wildman–Crippen MR) is 80.6 cm³/mol. The van der Waals surface area contributed by atoms with Crippen molar-refractivity contribution in [3.63, 3.8) is 0 Å². The topological polar surface area (TPSA) is 72.0 Å². The van der Waals surface area contributed by atoms with Crippen LogP contribution in [0.3, 0.4) is 0 Å². The number of nitrogens with one attached hydrogen (secondary N) is 1. The highest BCUT2D eigenvalue weighted by Crippen LogP contribution is 2.27. The van der Waals surface area contributed by atoms with E-state index < -0.39 is 0 Å². The van der Waals surface area contributed by atoms with E-state index in [1.54, 1.807) is 18.2 Å². The number of amidine groups is 1. The van der Waals surface area contributed by atoms with Crippen LogP contribution in [0.25, 0.3) is 0 Å². The molecule has 20 heavy (non-hydrogen) atoms. The van der Waals surface area contributed by atoms with Gasteiger partial charge < -0.3 is 10.5 Å². The van der Waals surface area contributed by atoms with Crippen LogP contribution in [0.2, 0.25) is 0 Å². The van der Waals surface area contributed by atoms with Crippen LogP contribution in [0.15, 0.2) is 36.4 Å². The Bertz CT molecular complexity index is 635. The van der Waals surface area contributed by atoms with Gasteiger partial charge in [0.05, 0.1) is 0 Å². The number of aryl methyl sites for hydroxylation is 1. The molecule has 0 fully saturated rings. The average molecular weight is 269 g/mol. The van der Waals surface area contributed by atoms with E-state index in [0.717, 1.165) is 11.3 Å². The maximum absolute atomic E-state index is 7.40. The van der Waals surface area contributed by atoms with Gasteiger partial charge in [0.2, 0.25) is 5.88 Å². The molecule has 0 aliphatic rings. The molecule has 3 N–H and O–H groups in total. The Morgan fingerprint density at radius 3 is 2.65 bits per heavy atom. The Hall–Kier alpha value is -2.36. The van der Waals surface area contributed by atoms with Gasteiger partial charge in [0.25, 0.3) is 0 Å². The van der Waals surface area contributed by atoms with Gasteiger partial charge in [-0.05, 0) is 36.1 Å². The molecular weight excluding hydrogens is 250 g/mol. The molecule has 0 aliphatic heterocycles. The minimum Gasteiger partial charge on any atom is -0.439 e. The normalized spacial score (nSPS) is 10.6. The number of hydrogen-bond acceptors (Lipinski definition) is 3. The number of nitrogens with two attached hydrogens (primary N) is 1. The van der Waals surface area contributed by atoms with Gasteiger partial charge >= 0.3 is 0 Å². The highest BCUT2D eigenvalue weighted by atomic mass is 16.5. The second-order valence-electron chi connectivity index (χ2n) is 5.06. The summed E-state index contributed by atoms with van der Waals surface area (Å²) in [6, 6.07) is 11.4. The highest BCUT2D eigenvalue weighted by Gasteiger charge is 2.07. The fourth-order valence-electron chi connectivity index (χ4n) is 1.82. The number of rotatable bonds is 4. The number of nitrogens with zero attached hydrogens (tertiary/aromatic N) is 1. The first kappa shape index (κ1) is 14.1. The molecule has 104 valence electrons. The van der Waals surface area contributed by atoms with E-state index in [1.807, 2.05) is 19.1 Å². The molecule has 1 heterocycles. The maximum atomic E-state index is 7.40. The van der Waals surface area contributed by atoms with Gasteiger partial charge in [-0.15, -0.1) is 0 Å². The number of ether oxygens (including phenoxy) is 1. The van der Waals surface area contributed by atoms with Crippen LogP contribution >= 0.6 is 0 Å². The lowest BCUT2D eigenvalue weighted by atomic mass is 10.0. The van der Waals surface area contributed by atoms with Crippen LogP contribution in [0.5, 0.6) is 11.6 Å². The fourth-order valence-corrected chi connectivity index (χ4v) is 1.82. The first-order valence-corrected chi connectivity index (χ1v) is 6.57. The highest BCUT2D eigenvalue weighted by molar-refractivity contribution is 5.93. The van der Waals surface area contributed by atoms with Gasteiger partial charge in [0.15, 0.2) is 0 Å². The van der Waals surface area contributed by atoms with Crippen LogP contribution in [-0.4, -0.2) is 10.8 Å². The number of pyridine rings is 1. The third-order valence-electron chi connectivity index (χ3n) is 3.09. The van der Waals surface area contributed by atoms with Gasteiger partial charge in [0, 0.05) is 6.07 Å². The summed E-state index contributed by atoms with van der Waals surface area (Å²) in [5, 5.41) is 7.40. The molecule has 4 heteroatoms. The van der Waals surface area contributed by atoms with Gasteiger partial charge in [-0.1, -0.05) is 32.0 Å². The Morgan fingerprint density at radius 2 is 2.00 bits per heavy atom. The zero-order chi connectivity index (χ0) is 14.7. The monoisotopic (exact) mass is 269 g/mol. The molecule has 2 aromatic rings. The molecule has 0 saturated carbocycles. The van der Waals surface area contributed by atoms with E-state index in [9.17, 15) is 0 Å². The van der Waals surface area contributed by atoms with Crippen LogP contribution < -0.4 is 10.5 Å². The SMILES string of the molecule is Cc1ccc(C(C)C)cc1Oc1cccc(C(=N)N)n1. The van der Waals surface area contributed by atoms with Crippen molar-refractivity contribution in [3.8, 4) is 11.6 Å². The minimum atomic E-state index is -0.0666. The Labute approximate surface area is 119 Å². The summed E-state index contributed by atoms with van der Waals surface area (Å²) in [5.41, 5.74) is 8.11. The van der Waals surface area contributed by atoms with Crippen molar-refractivity contribution in [2.24, 2.45) is 5.73 Å². The molecular formula is C16H19N3O. The smallest absolute Gasteiger partial charge is 0.219 e. The summed E-state index contributed by atoms with van der Waals surface area (Å²) in [7, 11) is 0. The molecule has 0 atom stereocenters. The summed E-state index contributed by atoms with van der Waals surface area (Å²) in [6.45, 7) is 6.28. The van der Waals surface area contributed by atoms with Crippen molar-refractivity contribution in [3.05, 3.63) is 53.2 Å². The van der Waals surface area contributed by atoms with Gasteiger partial charge in [0.1, 0.15) is 17.3 Å². The number of aromatic nitrogens is 1. The molecule has 0 bridgehead atoms. The van der Waals surface area contributed by atoms with E-state index in [4.69, 9.17) is 15.9 Å². The van der Waals surface area contributed by atoms with Crippen molar-refractivity contribution in [2.75, 3.05) is 0 Å². The lowest BCUT2D eigenvalue weighted by molar-refractivity contribution is 0.458. The Kier molecular flexibility index (Phi) is 4.03. The fraction of sp³-hybridized carbons (Fsp3) is 0.250. The molecule has 1 aromatic carbocycles. The lowest BCUT2D eigenvalue weighted by Gasteiger charge is -2.12. The number of nitrogen functional groups attached to an aromatic ring is 1. The van der Waals surface area contributed by atoms with E-state index in [-0.39, 0.29) is 5.84 Å². The minimum absolute atomic E-state index is 0.0666. The summed E-state index contributed by atoms with van der Waals surface area (Å²) in [4.78, 5) is 4.21. The molecule has 0 unspecified atom stereocenters. The van der Waals surface area contributed by atoms with Crippen LogP contribution in [-0.2, 0) is 0 Å². The van der Waals surface area contributed by atoms with Crippen LogP contribution in [0.4, 0.5) is 0 Å². The second-order valence-corrected chi connectivity index (χ2v) is 5.06. The molecule has 0 saturated heterocycles. The van der Waals surface area contributed by atoms with Crippen LogP contribution in [0.1, 0.15) is 36.6 Å². The summed E-state index contributed by atoms with van der Waals surface area (Å²) in [5.74, 6) is 1.60. The van der Waals surface area contributed by atoms with Crippen molar-refractivity contribution in [2.45, 2.75) is 26.7 Å². The summed E-state index contributed by atoms with van der Waals surface area (Å²) in [6.07, 6.45) is 0. The summed E-state index contributed by atoms with van der Waals surface area (Å²) < 4.78 is 5.83. The van der Waals surface area contributed by atoms with Gasteiger partial charge in [-0.3, -0.25) is 5.41 Å². The van der Waals surface area contributed by atoms with Gasteiger partial charge in [-0.2, -0.15) is 0 Å². The predicted octanol–water partition coefficient (Wildman–Crippen LogP) is 3.59. The van der Waals surface area contributed by atoms with Crippen molar-refractivity contribution in [1.82, 2.24) is 4.98 Å². The Balaban J connectivity index is 2.32. The molecule has 4 nitrogen and oxygen atoms in total. The molecule has 0 aliphatic carbocycles. The quantitative estimate of drug-likeness (QED) is 0.658. The molecule has 1 aromatic heterocycles. The third-order valence-corrected chi connectivity index (χ3v) is 3.09. The lowest BCUT2D eigenvalue weighted by Crippen LogP contribution is -2.13. The molecule has 0 radical (unpaired) electrons. The van der Waals surface area contributed by atoms with E-state index in [1.165, 1.54) is 5.56 Å². The first-order chi connectivity index (χ1) is 9.47. The first-order valence-electron chi connectivity index (χ1n) is 6.57. The van der Waals surface area contributed by atoms with Crippen molar-refractivity contribution < 1.29 is 4.74 Å². The second kappa shape index (κ2) is 5.74.